The van der Waals surface area contributed by atoms with Crippen LogP contribution in [0.3, 0.4) is 0 Å². The van der Waals surface area contributed by atoms with Gasteiger partial charge in [-0.25, -0.2) is 8.42 Å². The number of hydrogen-bond donors (Lipinski definition) is 1. The highest BCUT2D eigenvalue weighted by atomic mass is 79.9. The Morgan fingerprint density at radius 1 is 1.32 bits per heavy atom. The minimum atomic E-state index is -3.33. The molecule has 1 aliphatic heterocycles. The summed E-state index contributed by atoms with van der Waals surface area (Å²) in [5.74, 6) is 0. The maximum absolute atomic E-state index is 12.5. The van der Waals surface area contributed by atoms with Crippen molar-refractivity contribution >= 4 is 26.0 Å². The number of sulfonamides is 1. The smallest absolute Gasteiger partial charge is 0.243 e. The van der Waals surface area contributed by atoms with E-state index < -0.39 is 10.0 Å². The van der Waals surface area contributed by atoms with Crippen molar-refractivity contribution in [3.63, 3.8) is 0 Å². The summed E-state index contributed by atoms with van der Waals surface area (Å²) >= 11 is 3.40. The molecule has 2 rings (SSSR count). The summed E-state index contributed by atoms with van der Waals surface area (Å²) < 4.78 is 27.6. The first-order valence-electron chi connectivity index (χ1n) is 6.55. The number of nitrogens with zero attached hydrogens (tertiary/aromatic N) is 1. The molecule has 0 saturated carbocycles. The second-order valence-electron chi connectivity index (χ2n) is 4.92. The van der Waals surface area contributed by atoms with Crippen LogP contribution in [0.5, 0.6) is 0 Å². The molecule has 0 aliphatic carbocycles. The van der Waals surface area contributed by atoms with Crippen LogP contribution in [0.25, 0.3) is 0 Å². The third-order valence-electron chi connectivity index (χ3n) is 3.70. The number of aryl methyl sites for hydroxylation is 1. The van der Waals surface area contributed by atoms with Crippen LogP contribution in [0.1, 0.15) is 12.5 Å². The summed E-state index contributed by atoms with van der Waals surface area (Å²) in [6, 6.07) is 5.21. The Hall–Kier alpha value is -0.430. The summed E-state index contributed by atoms with van der Waals surface area (Å²) in [5, 5.41) is 0. The highest BCUT2D eigenvalue weighted by Gasteiger charge is 2.29. The number of likely N-dealkylation sites (N-methyl/N-ethyl adjacent to an activating group) is 1. The lowest BCUT2D eigenvalue weighted by molar-refractivity contribution is -0.901. The number of piperazine rings is 1. The summed E-state index contributed by atoms with van der Waals surface area (Å²) in [6.45, 7) is 8.11. The molecule has 0 spiro atoms. The van der Waals surface area contributed by atoms with Gasteiger partial charge in [-0.15, -0.1) is 0 Å². The largest absolute Gasteiger partial charge is 0.333 e. The lowest BCUT2D eigenvalue weighted by Crippen LogP contribution is -3.14. The predicted octanol–water partition coefficient (Wildman–Crippen LogP) is 0.667. The van der Waals surface area contributed by atoms with Gasteiger partial charge in [0.15, 0.2) is 0 Å². The summed E-state index contributed by atoms with van der Waals surface area (Å²) in [7, 11) is -3.33. The van der Waals surface area contributed by atoms with E-state index in [1.54, 1.807) is 22.5 Å². The van der Waals surface area contributed by atoms with E-state index in [0.29, 0.717) is 18.0 Å². The molecule has 1 aliphatic rings. The minimum Gasteiger partial charge on any atom is -0.333 e. The maximum Gasteiger partial charge on any atom is 0.243 e. The van der Waals surface area contributed by atoms with Gasteiger partial charge in [-0.2, -0.15) is 4.31 Å². The number of hydrogen-bond acceptors (Lipinski definition) is 2. The van der Waals surface area contributed by atoms with Gasteiger partial charge >= 0.3 is 0 Å². The van der Waals surface area contributed by atoms with E-state index in [0.717, 1.165) is 29.7 Å². The van der Waals surface area contributed by atoms with Crippen LogP contribution in [-0.4, -0.2) is 45.4 Å². The molecule has 0 radical (unpaired) electrons. The second kappa shape index (κ2) is 5.91. The van der Waals surface area contributed by atoms with Crippen molar-refractivity contribution < 1.29 is 13.3 Å². The van der Waals surface area contributed by atoms with Gasteiger partial charge in [-0.1, -0.05) is 15.9 Å². The average molecular weight is 348 g/mol. The van der Waals surface area contributed by atoms with E-state index in [1.807, 2.05) is 6.92 Å². The summed E-state index contributed by atoms with van der Waals surface area (Å²) in [6.07, 6.45) is 0. The molecule has 1 heterocycles. The Labute approximate surface area is 123 Å². The number of rotatable bonds is 3. The van der Waals surface area contributed by atoms with Crippen LogP contribution in [0, 0.1) is 6.92 Å². The van der Waals surface area contributed by atoms with Gasteiger partial charge in [0.05, 0.1) is 37.6 Å². The van der Waals surface area contributed by atoms with Crippen LogP contribution in [0.2, 0.25) is 0 Å². The standard InChI is InChI=1S/C13H19BrN2O2S/c1-3-15-6-8-16(9-7-15)19(17,18)12-4-5-13(14)11(2)10-12/h4-5,10H,3,6-9H2,1-2H3/p+1. The van der Waals surface area contributed by atoms with Gasteiger partial charge in [-0.3, -0.25) is 0 Å². The molecule has 1 N–H and O–H groups in total. The predicted molar refractivity (Wildman–Crippen MR) is 78.9 cm³/mol. The Morgan fingerprint density at radius 3 is 2.47 bits per heavy atom. The zero-order chi connectivity index (χ0) is 14.0. The lowest BCUT2D eigenvalue weighted by Gasteiger charge is -2.30. The molecule has 0 bridgehead atoms. The maximum atomic E-state index is 12.5. The molecular weight excluding hydrogens is 328 g/mol. The molecule has 1 fully saturated rings. The van der Waals surface area contributed by atoms with Crippen LogP contribution >= 0.6 is 15.9 Å². The van der Waals surface area contributed by atoms with Gasteiger partial charge in [-0.05, 0) is 37.6 Å². The summed E-state index contributed by atoms with van der Waals surface area (Å²) in [4.78, 5) is 1.87. The number of halogens is 1. The van der Waals surface area contributed by atoms with Crippen LogP contribution in [0.15, 0.2) is 27.6 Å². The van der Waals surface area contributed by atoms with E-state index in [4.69, 9.17) is 0 Å². The van der Waals surface area contributed by atoms with Gasteiger partial charge in [0.1, 0.15) is 0 Å². The first-order valence-corrected chi connectivity index (χ1v) is 8.78. The number of quaternary nitrogens is 1. The Kier molecular flexibility index (Phi) is 4.66. The van der Waals surface area contributed by atoms with Gasteiger partial charge in [0, 0.05) is 4.47 Å². The first kappa shape index (κ1) is 15.0. The fourth-order valence-electron chi connectivity index (χ4n) is 2.32. The van der Waals surface area contributed by atoms with E-state index in [9.17, 15) is 8.42 Å². The number of benzene rings is 1. The molecule has 1 aromatic rings. The SMILES string of the molecule is CC[NH+]1CCN(S(=O)(=O)c2ccc(Br)c(C)c2)CC1. The molecule has 0 atom stereocenters. The Morgan fingerprint density at radius 2 is 1.95 bits per heavy atom. The average Bonchev–Trinajstić information content (AvgIpc) is 2.41. The third-order valence-corrected chi connectivity index (χ3v) is 6.48. The van der Waals surface area contributed by atoms with Crippen LogP contribution in [-0.2, 0) is 10.0 Å². The van der Waals surface area contributed by atoms with Crippen molar-refractivity contribution in [1.82, 2.24) is 4.31 Å². The highest BCUT2D eigenvalue weighted by Crippen LogP contribution is 2.22. The second-order valence-corrected chi connectivity index (χ2v) is 7.71. The molecule has 0 aromatic heterocycles. The molecule has 1 saturated heterocycles. The highest BCUT2D eigenvalue weighted by molar-refractivity contribution is 9.10. The van der Waals surface area contributed by atoms with Crippen molar-refractivity contribution in [3.8, 4) is 0 Å². The molecule has 6 heteroatoms. The topological polar surface area (TPSA) is 41.8 Å². The lowest BCUT2D eigenvalue weighted by atomic mass is 10.2. The normalized spacial score (nSPS) is 18.7. The fourth-order valence-corrected chi connectivity index (χ4v) is 4.10. The molecule has 19 heavy (non-hydrogen) atoms. The third kappa shape index (κ3) is 3.18. The molecule has 106 valence electrons. The van der Waals surface area contributed by atoms with Gasteiger partial charge in [0.2, 0.25) is 10.0 Å². The van der Waals surface area contributed by atoms with Crippen molar-refractivity contribution in [1.29, 1.82) is 0 Å². The minimum absolute atomic E-state index is 0.396. The van der Waals surface area contributed by atoms with E-state index in [1.165, 1.54) is 4.90 Å². The van der Waals surface area contributed by atoms with Crippen LogP contribution < -0.4 is 4.90 Å². The molecular formula is C13H20BrN2O2S+. The van der Waals surface area contributed by atoms with E-state index >= 15 is 0 Å². The van der Waals surface area contributed by atoms with Crippen molar-refractivity contribution in [2.75, 3.05) is 32.7 Å². The summed E-state index contributed by atoms with van der Waals surface area (Å²) in [5.41, 5.74) is 0.943. The number of nitrogens with one attached hydrogen (secondary N) is 1. The zero-order valence-electron chi connectivity index (χ0n) is 11.3. The molecule has 0 amide bonds. The Balaban J connectivity index is 2.21. The zero-order valence-corrected chi connectivity index (χ0v) is 13.7. The Bertz CT molecular complexity index is 552. The van der Waals surface area contributed by atoms with Crippen molar-refractivity contribution in [2.24, 2.45) is 0 Å². The van der Waals surface area contributed by atoms with Crippen molar-refractivity contribution in [3.05, 3.63) is 28.2 Å². The van der Waals surface area contributed by atoms with E-state index in [-0.39, 0.29) is 0 Å². The van der Waals surface area contributed by atoms with E-state index in [2.05, 4.69) is 22.9 Å². The molecule has 4 nitrogen and oxygen atoms in total. The fraction of sp³-hybridized carbons (Fsp3) is 0.538. The van der Waals surface area contributed by atoms with Gasteiger partial charge < -0.3 is 4.90 Å². The first-order chi connectivity index (χ1) is 8.95. The van der Waals surface area contributed by atoms with Gasteiger partial charge in [0.25, 0.3) is 0 Å². The molecule has 1 aromatic carbocycles. The quantitative estimate of drug-likeness (QED) is 0.872. The molecule has 0 unspecified atom stereocenters. The van der Waals surface area contributed by atoms with Crippen LogP contribution in [0.4, 0.5) is 0 Å². The monoisotopic (exact) mass is 347 g/mol. The van der Waals surface area contributed by atoms with Crippen molar-refractivity contribution in [2.45, 2.75) is 18.7 Å².